The summed E-state index contributed by atoms with van der Waals surface area (Å²) in [6.45, 7) is 4.27. The molecule has 6 heteroatoms. The fourth-order valence-corrected chi connectivity index (χ4v) is 5.16. The molecule has 1 heterocycles. The maximum atomic E-state index is 14.1. The monoisotopic (exact) mass is 520 g/mol. The van der Waals surface area contributed by atoms with E-state index >= 15 is 0 Å². The Kier molecular flexibility index (Phi) is 7.37. The molecular formula is C33H32N2O4. The van der Waals surface area contributed by atoms with E-state index in [1.807, 2.05) is 91.0 Å². The van der Waals surface area contributed by atoms with Gasteiger partial charge in [-0.1, -0.05) is 56.3 Å². The molecule has 0 radical (unpaired) electrons. The van der Waals surface area contributed by atoms with Crippen molar-refractivity contribution in [3.63, 3.8) is 0 Å². The smallest absolute Gasteiger partial charge is 0.259 e. The number of fused-ring (bicyclic) bond motifs is 1. The van der Waals surface area contributed by atoms with Crippen LogP contribution in [-0.2, 0) is 4.79 Å². The Morgan fingerprint density at radius 3 is 1.97 bits per heavy atom. The lowest BCUT2D eigenvalue weighted by atomic mass is 9.78. The highest BCUT2D eigenvalue weighted by Gasteiger charge is 2.45. The van der Waals surface area contributed by atoms with E-state index in [2.05, 4.69) is 19.2 Å². The number of ether oxygens (including phenoxy) is 2. The zero-order valence-electron chi connectivity index (χ0n) is 22.5. The first kappa shape index (κ1) is 26.0. The quantitative estimate of drug-likeness (QED) is 0.286. The van der Waals surface area contributed by atoms with Crippen LogP contribution in [0.25, 0.3) is 0 Å². The van der Waals surface area contributed by atoms with Gasteiger partial charge >= 0.3 is 0 Å². The molecule has 0 aliphatic carbocycles. The van der Waals surface area contributed by atoms with Gasteiger partial charge < -0.3 is 14.8 Å². The highest BCUT2D eigenvalue weighted by Crippen LogP contribution is 2.46. The van der Waals surface area contributed by atoms with E-state index in [-0.39, 0.29) is 11.8 Å². The van der Waals surface area contributed by atoms with E-state index in [9.17, 15) is 9.59 Å². The molecule has 1 aliphatic rings. The number of benzene rings is 4. The van der Waals surface area contributed by atoms with Gasteiger partial charge in [-0.15, -0.1) is 0 Å². The Morgan fingerprint density at radius 2 is 1.38 bits per heavy atom. The molecule has 0 aromatic heterocycles. The Balaban J connectivity index is 1.64. The zero-order chi connectivity index (χ0) is 27.5. The molecule has 198 valence electrons. The molecule has 0 unspecified atom stereocenters. The number of nitrogens with zero attached hydrogens (tertiary/aromatic N) is 1. The Bertz CT molecular complexity index is 1460. The molecule has 6 nitrogen and oxygen atoms in total. The molecule has 0 bridgehead atoms. The van der Waals surface area contributed by atoms with E-state index in [1.54, 1.807) is 25.2 Å². The number of carbonyl (C=O) groups is 2. The van der Waals surface area contributed by atoms with Crippen molar-refractivity contribution in [3.8, 4) is 11.5 Å². The average molecular weight is 521 g/mol. The highest BCUT2D eigenvalue weighted by atomic mass is 16.5. The molecule has 0 saturated heterocycles. The SMILES string of the molecule is COc1ccc([C@H]2[C@@H](C(=O)Nc3ccc(C(C)C)cc3)c3ccccc3C(=O)N2c2ccc(OC)cc2)cc1. The van der Waals surface area contributed by atoms with Crippen LogP contribution in [0.5, 0.6) is 11.5 Å². The van der Waals surface area contributed by atoms with E-state index in [4.69, 9.17) is 9.47 Å². The number of hydrogen-bond donors (Lipinski definition) is 1. The maximum absolute atomic E-state index is 14.1. The summed E-state index contributed by atoms with van der Waals surface area (Å²) in [7, 11) is 3.21. The molecule has 0 fully saturated rings. The molecule has 4 aromatic carbocycles. The first-order valence-electron chi connectivity index (χ1n) is 13.0. The largest absolute Gasteiger partial charge is 0.497 e. The number of anilines is 2. The minimum absolute atomic E-state index is 0.165. The van der Waals surface area contributed by atoms with Gasteiger partial charge in [0.1, 0.15) is 11.5 Å². The van der Waals surface area contributed by atoms with Crippen LogP contribution >= 0.6 is 0 Å². The lowest BCUT2D eigenvalue weighted by Gasteiger charge is -2.42. The van der Waals surface area contributed by atoms with Gasteiger partial charge in [-0.05, 0) is 77.2 Å². The van der Waals surface area contributed by atoms with Gasteiger partial charge in [-0.3, -0.25) is 14.5 Å². The average Bonchev–Trinajstić information content (AvgIpc) is 2.97. The molecule has 5 rings (SSSR count). The Morgan fingerprint density at radius 1 is 0.795 bits per heavy atom. The normalized spacial score (nSPS) is 16.5. The summed E-state index contributed by atoms with van der Waals surface area (Å²) in [5.74, 6) is 0.753. The van der Waals surface area contributed by atoms with Crippen LogP contribution < -0.4 is 19.7 Å². The van der Waals surface area contributed by atoms with Crippen molar-refractivity contribution in [1.29, 1.82) is 0 Å². The lowest BCUT2D eigenvalue weighted by Crippen LogP contribution is -2.46. The predicted octanol–water partition coefficient (Wildman–Crippen LogP) is 6.95. The number of methoxy groups -OCH3 is 2. The standard InChI is InChI=1S/C33H32N2O4/c1-21(2)22-9-13-24(14-10-22)34-32(36)30-28-7-5-6-8-29(28)33(37)35(25-15-19-27(39-4)20-16-25)31(30)23-11-17-26(38-3)18-12-23/h5-21,30-31H,1-4H3,(H,34,36)/t30-,31-/m0/s1. The number of rotatable bonds is 7. The summed E-state index contributed by atoms with van der Waals surface area (Å²) in [6.07, 6.45) is 0. The molecule has 2 amide bonds. The number of amides is 2. The van der Waals surface area contributed by atoms with Crippen molar-refractivity contribution in [2.24, 2.45) is 0 Å². The number of nitrogens with one attached hydrogen (secondary N) is 1. The summed E-state index contributed by atoms with van der Waals surface area (Å²) in [6, 6.07) is 29.6. The van der Waals surface area contributed by atoms with Crippen molar-refractivity contribution in [3.05, 3.63) is 119 Å². The summed E-state index contributed by atoms with van der Waals surface area (Å²) >= 11 is 0. The Hall–Kier alpha value is -4.58. The minimum atomic E-state index is -0.667. The van der Waals surface area contributed by atoms with E-state index in [1.165, 1.54) is 5.56 Å². The third-order valence-corrected chi connectivity index (χ3v) is 7.27. The molecular weight excluding hydrogens is 488 g/mol. The highest BCUT2D eigenvalue weighted by molar-refractivity contribution is 6.12. The van der Waals surface area contributed by atoms with E-state index < -0.39 is 12.0 Å². The van der Waals surface area contributed by atoms with Gasteiger partial charge in [-0.2, -0.15) is 0 Å². The fourth-order valence-electron chi connectivity index (χ4n) is 5.16. The lowest BCUT2D eigenvalue weighted by molar-refractivity contribution is -0.118. The molecule has 39 heavy (non-hydrogen) atoms. The molecule has 1 N–H and O–H groups in total. The summed E-state index contributed by atoms with van der Waals surface area (Å²) < 4.78 is 10.7. The number of hydrogen-bond acceptors (Lipinski definition) is 4. The second-order valence-electron chi connectivity index (χ2n) is 9.92. The van der Waals surface area contributed by atoms with E-state index in [0.717, 1.165) is 5.56 Å². The first-order valence-corrected chi connectivity index (χ1v) is 13.0. The van der Waals surface area contributed by atoms with Crippen LogP contribution in [0.15, 0.2) is 97.1 Å². The third kappa shape index (κ3) is 5.10. The minimum Gasteiger partial charge on any atom is -0.497 e. The molecule has 0 saturated carbocycles. The maximum Gasteiger partial charge on any atom is 0.259 e. The molecule has 0 spiro atoms. The number of carbonyl (C=O) groups excluding carboxylic acids is 2. The molecule has 2 atom stereocenters. The first-order chi connectivity index (χ1) is 18.9. The second-order valence-corrected chi connectivity index (χ2v) is 9.92. The van der Waals surface area contributed by atoms with Crippen LogP contribution in [0, 0.1) is 0 Å². The van der Waals surface area contributed by atoms with Crippen molar-refractivity contribution in [2.75, 3.05) is 24.4 Å². The van der Waals surface area contributed by atoms with E-state index in [0.29, 0.717) is 39.9 Å². The topological polar surface area (TPSA) is 67.9 Å². The fraction of sp³-hybridized carbons (Fsp3) is 0.212. The van der Waals surface area contributed by atoms with Gasteiger partial charge in [0.25, 0.3) is 5.91 Å². The Labute approximate surface area is 229 Å². The van der Waals surface area contributed by atoms with Gasteiger partial charge in [0.15, 0.2) is 0 Å². The van der Waals surface area contributed by atoms with Crippen LogP contribution in [0.1, 0.15) is 58.8 Å². The van der Waals surface area contributed by atoms with Crippen LogP contribution in [0.2, 0.25) is 0 Å². The molecule has 4 aromatic rings. The van der Waals surface area contributed by atoms with Crippen LogP contribution in [0.3, 0.4) is 0 Å². The van der Waals surface area contributed by atoms with Gasteiger partial charge in [0, 0.05) is 16.9 Å². The van der Waals surface area contributed by atoms with Gasteiger partial charge in [0.05, 0.1) is 26.2 Å². The second kappa shape index (κ2) is 11.0. The predicted molar refractivity (Wildman–Crippen MR) is 154 cm³/mol. The summed E-state index contributed by atoms with van der Waals surface area (Å²) in [4.78, 5) is 29.9. The summed E-state index contributed by atoms with van der Waals surface area (Å²) in [5, 5.41) is 3.12. The van der Waals surface area contributed by atoms with Crippen molar-refractivity contribution in [2.45, 2.75) is 31.7 Å². The third-order valence-electron chi connectivity index (χ3n) is 7.27. The van der Waals surface area contributed by atoms with Crippen LogP contribution in [-0.4, -0.2) is 26.0 Å². The van der Waals surface area contributed by atoms with Crippen molar-refractivity contribution < 1.29 is 19.1 Å². The van der Waals surface area contributed by atoms with Crippen molar-refractivity contribution in [1.82, 2.24) is 0 Å². The van der Waals surface area contributed by atoms with Gasteiger partial charge in [0.2, 0.25) is 5.91 Å². The van der Waals surface area contributed by atoms with Crippen LogP contribution in [0.4, 0.5) is 11.4 Å². The summed E-state index contributed by atoms with van der Waals surface area (Å²) in [5.41, 5.74) is 4.62. The molecule has 1 aliphatic heterocycles. The van der Waals surface area contributed by atoms with Gasteiger partial charge in [-0.25, -0.2) is 0 Å². The zero-order valence-corrected chi connectivity index (χ0v) is 22.5. The van der Waals surface area contributed by atoms with Crippen molar-refractivity contribution >= 4 is 23.2 Å².